The third kappa shape index (κ3) is 3.32. The molecule has 116 valence electrons. The minimum atomic E-state index is -0.258. The lowest BCUT2D eigenvalue weighted by Gasteiger charge is -2.37. The van der Waals surface area contributed by atoms with Crippen molar-refractivity contribution >= 4 is 18.2 Å². The highest BCUT2D eigenvalue weighted by atomic mass is 35.5. The molecule has 0 saturated carbocycles. The largest absolute Gasteiger partial charge is 0.303 e. The summed E-state index contributed by atoms with van der Waals surface area (Å²) >= 11 is 0. The maximum absolute atomic E-state index is 12.5. The second-order valence-electron chi connectivity index (χ2n) is 6.56. The predicted octanol–water partition coefficient (Wildman–Crippen LogP) is 3.76. The van der Waals surface area contributed by atoms with Crippen LogP contribution in [0.15, 0.2) is 24.3 Å². The van der Waals surface area contributed by atoms with Gasteiger partial charge >= 0.3 is 0 Å². The summed E-state index contributed by atoms with van der Waals surface area (Å²) in [6, 6.07) is 8.54. The first-order valence-corrected chi connectivity index (χ1v) is 8.04. The number of hydrogen-bond acceptors (Lipinski definition) is 2. The van der Waals surface area contributed by atoms with Gasteiger partial charge in [0.1, 0.15) is 5.78 Å². The number of hydrogen-bond donors (Lipinski definition) is 0. The monoisotopic (exact) mass is 307 g/mol. The fourth-order valence-corrected chi connectivity index (χ4v) is 3.79. The number of rotatable bonds is 3. The van der Waals surface area contributed by atoms with Gasteiger partial charge in [0, 0.05) is 6.42 Å². The van der Waals surface area contributed by atoms with Crippen LogP contribution >= 0.6 is 12.4 Å². The van der Waals surface area contributed by atoms with Crippen LogP contribution in [0.5, 0.6) is 0 Å². The number of carbonyl (C=O) groups excluding carboxylic acids is 1. The molecule has 1 atom stereocenters. The molecule has 1 aliphatic carbocycles. The van der Waals surface area contributed by atoms with E-state index in [1.807, 2.05) is 0 Å². The van der Waals surface area contributed by atoms with E-state index >= 15 is 0 Å². The van der Waals surface area contributed by atoms with E-state index in [0.29, 0.717) is 12.2 Å². The third-order valence-electron chi connectivity index (χ3n) is 5.23. The van der Waals surface area contributed by atoms with Gasteiger partial charge in [-0.05, 0) is 63.4 Å². The van der Waals surface area contributed by atoms with Gasteiger partial charge in [0.05, 0.1) is 5.41 Å². The Bertz CT molecular complexity index is 496. The molecule has 1 aromatic carbocycles. The van der Waals surface area contributed by atoms with Gasteiger partial charge in [0.15, 0.2) is 0 Å². The average molecular weight is 308 g/mol. The molecule has 3 heteroatoms. The molecule has 2 nitrogen and oxygen atoms in total. The Morgan fingerprint density at radius 1 is 1.10 bits per heavy atom. The fraction of sp³-hybridized carbons (Fsp3) is 0.611. The van der Waals surface area contributed by atoms with Crippen LogP contribution in [0.3, 0.4) is 0 Å². The average Bonchev–Trinajstić information content (AvgIpc) is 2.51. The van der Waals surface area contributed by atoms with E-state index < -0.39 is 0 Å². The molecule has 3 rings (SSSR count). The van der Waals surface area contributed by atoms with E-state index in [1.165, 1.54) is 43.5 Å². The number of halogens is 1. The van der Waals surface area contributed by atoms with Crippen molar-refractivity contribution in [3.63, 3.8) is 0 Å². The zero-order chi connectivity index (χ0) is 14.0. The molecular formula is C18H26ClNO. The summed E-state index contributed by atoms with van der Waals surface area (Å²) < 4.78 is 0. The Morgan fingerprint density at radius 2 is 1.81 bits per heavy atom. The Hall–Kier alpha value is -0.860. The standard InChI is InChI=1S/C18H25NO.ClH/c1-18(11-14-19-12-5-2-6-13-19)16-8-4-3-7-15(16)9-10-17(18)20;/h3-4,7-8H,2,5-6,9-14H2,1H3;1H. The van der Waals surface area contributed by atoms with Gasteiger partial charge in [0.2, 0.25) is 0 Å². The molecule has 0 N–H and O–H groups in total. The van der Waals surface area contributed by atoms with Gasteiger partial charge in [-0.15, -0.1) is 12.4 Å². The van der Waals surface area contributed by atoms with E-state index in [2.05, 4.69) is 36.1 Å². The molecule has 1 unspecified atom stereocenters. The van der Waals surface area contributed by atoms with Crippen LogP contribution < -0.4 is 0 Å². The Labute approximate surface area is 134 Å². The summed E-state index contributed by atoms with van der Waals surface area (Å²) in [7, 11) is 0. The Balaban J connectivity index is 0.00000161. The molecule has 1 fully saturated rings. The SMILES string of the molecule is CC1(CCN2CCCCC2)C(=O)CCc2ccccc21.Cl. The second kappa shape index (κ2) is 6.93. The minimum absolute atomic E-state index is 0. The third-order valence-corrected chi connectivity index (χ3v) is 5.23. The van der Waals surface area contributed by atoms with Gasteiger partial charge in [-0.25, -0.2) is 0 Å². The number of Topliss-reactive ketones (excluding diaryl/α,β-unsaturated/α-hetero) is 1. The number of fused-ring (bicyclic) bond motifs is 1. The summed E-state index contributed by atoms with van der Waals surface area (Å²) in [5, 5.41) is 0. The smallest absolute Gasteiger partial charge is 0.143 e. The maximum atomic E-state index is 12.5. The lowest BCUT2D eigenvalue weighted by molar-refractivity contribution is -0.125. The normalized spacial score (nSPS) is 26.0. The summed E-state index contributed by atoms with van der Waals surface area (Å²) in [6.45, 7) is 5.66. The van der Waals surface area contributed by atoms with Crippen molar-refractivity contribution in [3.8, 4) is 0 Å². The number of benzene rings is 1. The Morgan fingerprint density at radius 3 is 2.57 bits per heavy atom. The molecule has 1 aromatic rings. The number of aryl methyl sites for hydroxylation is 1. The maximum Gasteiger partial charge on any atom is 0.143 e. The van der Waals surface area contributed by atoms with Gasteiger partial charge in [-0.2, -0.15) is 0 Å². The summed E-state index contributed by atoms with van der Waals surface area (Å²) in [5.41, 5.74) is 2.41. The lowest BCUT2D eigenvalue weighted by atomic mass is 9.68. The highest BCUT2D eigenvalue weighted by Gasteiger charge is 2.39. The summed E-state index contributed by atoms with van der Waals surface area (Å²) in [4.78, 5) is 15.1. The van der Waals surface area contributed by atoms with E-state index in [-0.39, 0.29) is 17.8 Å². The highest BCUT2D eigenvalue weighted by molar-refractivity contribution is 5.91. The molecule has 1 saturated heterocycles. The second-order valence-corrected chi connectivity index (χ2v) is 6.56. The lowest BCUT2D eigenvalue weighted by Crippen LogP contribution is -2.41. The van der Waals surface area contributed by atoms with Gasteiger partial charge in [-0.3, -0.25) is 4.79 Å². The molecule has 0 radical (unpaired) electrons. The number of carbonyl (C=O) groups is 1. The molecule has 21 heavy (non-hydrogen) atoms. The van der Waals surface area contributed by atoms with Crippen molar-refractivity contribution in [1.82, 2.24) is 4.90 Å². The van der Waals surface area contributed by atoms with Crippen molar-refractivity contribution in [2.45, 2.75) is 50.9 Å². The first-order valence-electron chi connectivity index (χ1n) is 8.04. The number of nitrogens with zero attached hydrogens (tertiary/aromatic N) is 1. The summed E-state index contributed by atoms with van der Waals surface area (Å²) in [5.74, 6) is 0.438. The van der Waals surface area contributed by atoms with Crippen molar-refractivity contribution < 1.29 is 4.79 Å². The molecule has 0 aromatic heterocycles. The van der Waals surface area contributed by atoms with Crippen molar-refractivity contribution in [1.29, 1.82) is 0 Å². The van der Waals surface area contributed by atoms with Crippen molar-refractivity contribution in [2.75, 3.05) is 19.6 Å². The summed E-state index contributed by atoms with van der Waals surface area (Å²) in [6.07, 6.45) is 6.63. The van der Waals surface area contributed by atoms with E-state index in [4.69, 9.17) is 0 Å². The minimum Gasteiger partial charge on any atom is -0.303 e. The van der Waals surface area contributed by atoms with Crippen molar-refractivity contribution in [3.05, 3.63) is 35.4 Å². The molecule has 2 aliphatic rings. The van der Waals surface area contributed by atoms with Crippen LogP contribution in [0, 0.1) is 0 Å². The van der Waals surface area contributed by atoms with Crippen LogP contribution in [0.1, 0.15) is 50.2 Å². The number of piperidine rings is 1. The van der Waals surface area contributed by atoms with Crippen LogP contribution in [0.2, 0.25) is 0 Å². The number of likely N-dealkylation sites (tertiary alicyclic amines) is 1. The van der Waals surface area contributed by atoms with Gasteiger partial charge < -0.3 is 4.90 Å². The first kappa shape index (κ1) is 16.5. The molecule has 0 bridgehead atoms. The van der Waals surface area contributed by atoms with Crippen LogP contribution in [-0.2, 0) is 16.6 Å². The highest BCUT2D eigenvalue weighted by Crippen LogP contribution is 2.37. The molecule has 0 amide bonds. The zero-order valence-electron chi connectivity index (χ0n) is 12.9. The van der Waals surface area contributed by atoms with Crippen LogP contribution in [-0.4, -0.2) is 30.3 Å². The fourth-order valence-electron chi connectivity index (χ4n) is 3.79. The molecule has 1 aliphatic heterocycles. The molecule has 0 spiro atoms. The predicted molar refractivity (Wildman–Crippen MR) is 89.3 cm³/mol. The first-order chi connectivity index (χ1) is 9.70. The Kier molecular flexibility index (Phi) is 5.45. The van der Waals surface area contributed by atoms with Gasteiger partial charge in [-0.1, -0.05) is 30.7 Å². The molecular weight excluding hydrogens is 282 g/mol. The topological polar surface area (TPSA) is 20.3 Å². The zero-order valence-corrected chi connectivity index (χ0v) is 13.8. The van der Waals surface area contributed by atoms with E-state index in [9.17, 15) is 4.79 Å². The van der Waals surface area contributed by atoms with Crippen LogP contribution in [0.25, 0.3) is 0 Å². The van der Waals surface area contributed by atoms with E-state index in [0.717, 1.165) is 19.4 Å². The quantitative estimate of drug-likeness (QED) is 0.847. The van der Waals surface area contributed by atoms with Crippen molar-refractivity contribution in [2.24, 2.45) is 0 Å². The van der Waals surface area contributed by atoms with E-state index in [1.54, 1.807) is 0 Å². The van der Waals surface area contributed by atoms with Crippen LogP contribution in [0.4, 0.5) is 0 Å². The number of ketones is 1. The van der Waals surface area contributed by atoms with Gasteiger partial charge in [0.25, 0.3) is 0 Å². The molecule has 1 heterocycles.